The summed E-state index contributed by atoms with van der Waals surface area (Å²) in [6, 6.07) is 0. The fourth-order valence-electron chi connectivity index (χ4n) is 1.39. The van der Waals surface area contributed by atoms with Crippen LogP contribution in [0.3, 0.4) is 0 Å². The van der Waals surface area contributed by atoms with E-state index < -0.39 is 5.60 Å². The molecule has 0 bridgehead atoms. The van der Waals surface area contributed by atoms with Crippen LogP contribution in [0, 0.1) is 11.8 Å². The van der Waals surface area contributed by atoms with Gasteiger partial charge >= 0.3 is 0 Å². The lowest BCUT2D eigenvalue weighted by Crippen LogP contribution is -2.20. The van der Waals surface area contributed by atoms with Gasteiger partial charge in [-0.3, -0.25) is 0 Å². The Labute approximate surface area is 58.7 Å². The number of aliphatic hydroxyl groups excluding tert-OH is 3. The van der Waals surface area contributed by atoms with Gasteiger partial charge in [0.1, 0.15) is 0 Å². The molecule has 2 unspecified atom stereocenters. The van der Waals surface area contributed by atoms with E-state index in [-0.39, 0.29) is 31.7 Å². The standard InChI is InChI=1S/C6H12O4/c7-1-4-5(2-8)6(4,10)3-9/h4-5,7-10H,1-3H2/t4-,5?,6?/m1/s1. The summed E-state index contributed by atoms with van der Waals surface area (Å²) >= 11 is 0. The molecule has 0 spiro atoms. The summed E-state index contributed by atoms with van der Waals surface area (Å²) in [7, 11) is 0. The van der Waals surface area contributed by atoms with Crippen LogP contribution < -0.4 is 0 Å². The summed E-state index contributed by atoms with van der Waals surface area (Å²) in [4.78, 5) is 0. The molecular weight excluding hydrogens is 136 g/mol. The molecule has 1 aliphatic carbocycles. The van der Waals surface area contributed by atoms with Crippen LogP contribution in [0.5, 0.6) is 0 Å². The molecule has 0 aromatic rings. The molecule has 0 aliphatic heterocycles. The molecule has 1 saturated carbocycles. The lowest BCUT2D eigenvalue weighted by atomic mass is 10.3. The summed E-state index contributed by atoms with van der Waals surface area (Å²) in [5.41, 5.74) is -1.22. The quantitative estimate of drug-likeness (QED) is 0.371. The predicted molar refractivity (Wildman–Crippen MR) is 33.2 cm³/mol. The van der Waals surface area contributed by atoms with Gasteiger partial charge in [0.05, 0.1) is 12.2 Å². The monoisotopic (exact) mass is 148 g/mol. The molecule has 0 aromatic carbocycles. The Morgan fingerprint density at radius 2 is 1.40 bits per heavy atom. The minimum absolute atomic E-state index is 0.178. The van der Waals surface area contributed by atoms with Crippen LogP contribution in [0.2, 0.25) is 0 Å². The summed E-state index contributed by atoms with van der Waals surface area (Å²) in [6.07, 6.45) is 0. The van der Waals surface area contributed by atoms with Gasteiger partial charge in [-0.25, -0.2) is 0 Å². The van der Waals surface area contributed by atoms with Crippen molar-refractivity contribution in [1.82, 2.24) is 0 Å². The highest BCUT2D eigenvalue weighted by Crippen LogP contribution is 2.49. The van der Waals surface area contributed by atoms with Crippen LogP contribution in [-0.2, 0) is 0 Å². The minimum Gasteiger partial charge on any atom is -0.396 e. The molecular formula is C6H12O4. The maximum Gasteiger partial charge on any atom is 0.0986 e. The normalized spacial score (nSPS) is 45.6. The van der Waals surface area contributed by atoms with Crippen molar-refractivity contribution in [1.29, 1.82) is 0 Å². The fraction of sp³-hybridized carbons (Fsp3) is 1.00. The molecule has 4 N–H and O–H groups in total. The number of aliphatic hydroxyl groups is 4. The van der Waals surface area contributed by atoms with Crippen LogP contribution in [-0.4, -0.2) is 45.8 Å². The maximum atomic E-state index is 9.29. The molecule has 0 amide bonds. The summed E-state index contributed by atoms with van der Waals surface area (Å²) in [5.74, 6) is -0.690. The second kappa shape index (κ2) is 2.47. The lowest BCUT2D eigenvalue weighted by Gasteiger charge is -2.03. The average Bonchev–Trinajstić information content (AvgIpc) is 2.56. The van der Waals surface area contributed by atoms with Crippen LogP contribution in [0.4, 0.5) is 0 Å². The first kappa shape index (κ1) is 7.94. The van der Waals surface area contributed by atoms with Crippen LogP contribution in [0.1, 0.15) is 0 Å². The van der Waals surface area contributed by atoms with E-state index in [0.717, 1.165) is 0 Å². The van der Waals surface area contributed by atoms with Gasteiger partial charge in [0, 0.05) is 25.0 Å². The lowest BCUT2D eigenvalue weighted by molar-refractivity contribution is 0.0358. The van der Waals surface area contributed by atoms with Gasteiger partial charge in [-0.15, -0.1) is 0 Å². The van der Waals surface area contributed by atoms with Crippen LogP contribution in [0.15, 0.2) is 0 Å². The smallest absolute Gasteiger partial charge is 0.0986 e. The molecule has 0 saturated heterocycles. The van der Waals surface area contributed by atoms with Gasteiger partial charge in [-0.1, -0.05) is 0 Å². The van der Waals surface area contributed by atoms with E-state index in [1.807, 2.05) is 0 Å². The first-order chi connectivity index (χ1) is 4.70. The van der Waals surface area contributed by atoms with E-state index >= 15 is 0 Å². The van der Waals surface area contributed by atoms with Crippen molar-refractivity contribution in [2.75, 3.05) is 19.8 Å². The van der Waals surface area contributed by atoms with Gasteiger partial charge in [-0.2, -0.15) is 0 Å². The van der Waals surface area contributed by atoms with Crippen molar-refractivity contribution in [3.05, 3.63) is 0 Å². The van der Waals surface area contributed by atoms with E-state index in [0.29, 0.717) is 0 Å². The SMILES string of the molecule is OCC1[C@@H](CO)C1(O)CO. The van der Waals surface area contributed by atoms with Gasteiger partial charge in [-0.05, 0) is 0 Å². The Kier molecular flexibility index (Phi) is 1.96. The topological polar surface area (TPSA) is 80.9 Å². The predicted octanol–water partition coefficient (Wildman–Crippen LogP) is -2.06. The molecule has 0 radical (unpaired) electrons. The van der Waals surface area contributed by atoms with Gasteiger partial charge < -0.3 is 20.4 Å². The molecule has 0 heterocycles. The highest BCUT2D eigenvalue weighted by Gasteiger charge is 2.62. The van der Waals surface area contributed by atoms with Crippen LogP contribution in [0.25, 0.3) is 0 Å². The van der Waals surface area contributed by atoms with E-state index in [2.05, 4.69) is 0 Å². The molecule has 1 rings (SSSR count). The van der Waals surface area contributed by atoms with Crippen molar-refractivity contribution >= 4 is 0 Å². The zero-order chi connectivity index (χ0) is 7.78. The molecule has 1 fully saturated rings. The molecule has 0 aromatic heterocycles. The summed E-state index contributed by atoms with van der Waals surface area (Å²) in [5, 5.41) is 35.1. The van der Waals surface area contributed by atoms with Crippen molar-refractivity contribution in [2.45, 2.75) is 5.60 Å². The Balaban J connectivity index is 2.50. The Hall–Kier alpha value is -0.160. The highest BCUT2D eigenvalue weighted by atomic mass is 16.3. The van der Waals surface area contributed by atoms with Gasteiger partial charge in [0.2, 0.25) is 0 Å². The van der Waals surface area contributed by atoms with Crippen molar-refractivity contribution in [3.8, 4) is 0 Å². The molecule has 10 heavy (non-hydrogen) atoms. The first-order valence-electron chi connectivity index (χ1n) is 3.25. The second-order valence-electron chi connectivity index (χ2n) is 2.73. The Morgan fingerprint density at radius 3 is 1.50 bits per heavy atom. The summed E-state index contributed by atoms with van der Waals surface area (Å²) < 4.78 is 0. The maximum absolute atomic E-state index is 9.29. The molecule has 1 aliphatic rings. The van der Waals surface area contributed by atoms with Gasteiger partial charge in [0.25, 0.3) is 0 Å². The highest BCUT2D eigenvalue weighted by molar-refractivity contribution is 5.11. The molecule has 4 nitrogen and oxygen atoms in total. The number of hydrogen-bond acceptors (Lipinski definition) is 4. The number of rotatable bonds is 3. The van der Waals surface area contributed by atoms with Gasteiger partial charge in [0.15, 0.2) is 0 Å². The number of hydrogen-bond donors (Lipinski definition) is 4. The minimum atomic E-state index is -1.22. The fourth-order valence-corrected chi connectivity index (χ4v) is 1.39. The van der Waals surface area contributed by atoms with Crippen molar-refractivity contribution in [3.63, 3.8) is 0 Å². The largest absolute Gasteiger partial charge is 0.396 e. The van der Waals surface area contributed by atoms with E-state index in [1.165, 1.54) is 0 Å². The third-order valence-corrected chi connectivity index (χ3v) is 2.31. The van der Waals surface area contributed by atoms with Crippen molar-refractivity contribution in [2.24, 2.45) is 11.8 Å². The summed E-state index contributed by atoms with van der Waals surface area (Å²) in [6.45, 7) is -0.742. The third kappa shape index (κ3) is 0.845. The van der Waals surface area contributed by atoms with Crippen molar-refractivity contribution < 1.29 is 20.4 Å². The molecule has 3 atom stereocenters. The molecule has 60 valence electrons. The Morgan fingerprint density at radius 1 is 1.00 bits per heavy atom. The van der Waals surface area contributed by atoms with E-state index in [1.54, 1.807) is 0 Å². The van der Waals surface area contributed by atoms with Crippen LogP contribution >= 0.6 is 0 Å². The average molecular weight is 148 g/mol. The first-order valence-corrected chi connectivity index (χ1v) is 3.25. The molecule has 4 heteroatoms. The zero-order valence-electron chi connectivity index (χ0n) is 5.56. The van der Waals surface area contributed by atoms with E-state index in [9.17, 15) is 5.11 Å². The second-order valence-corrected chi connectivity index (χ2v) is 2.73. The third-order valence-electron chi connectivity index (χ3n) is 2.31. The Bertz CT molecular complexity index is 115. The van der Waals surface area contributed by atoms with E-state index in [4.69, 9.17) is 15.3 Å². The zero-order valence-corrected chi connectivity index (χ0v) is 5.56.